The van der Waals surface area contributed by atoms with Gasteiger partial charge in [0.05, 0.1) is 9.75 Å². The van der Waals surface area contributed by atoms with Gasteiger partial charge in [-0.25, -0.2) is 37.1 Å². The number of carbonyl (C=O) groups is 4. The van der Waals surface area contributed by atoms with Gasteiger partial charge in [0.1, 0.15) is 75.8 Å². The highest BCUT2D eigenvalue weighted by Crippen LogP contribution is 2.57. The normalized spacial score (nSPS) is 14.9. The smallest absolute Gasteiger partial charge is 0.367 e. The Morgan fingerprint density at radius 2 is 0.971 bits per heavy atom. The van der Waals surface area contributed by atoms with Gasteiger partial charge in [0.25, 0.3) is 0 Å². The summed E-state index contributed by atoms with van der Waals surface area (Å²) in [5, 5.41) is 39.2. The van der Waals surface area contributed by atoms with Crippen LogP contribution in [0.3, 0.4) is 0 Å². The number of hydrogen-bond acceptors (Lipinski definition) is 15. The summed E-state index contributed by atoms with van der Waals surface area (Å²) in [7, 11) is 0. The molecule has 6 aromatic rings. The molecule has 0 atom stereocenters. The number of Topliss-reactive ketones (excluding diaryl/α,β-unsaturated/α-hetero) is 2. The largest absolute Gasteiger partial charge is 0.458 e. The molecule has 68 heavy (non-hydrogen) atoms. The number of ketones is 2. The second-order valence-corrected chi connectivity index (χ2v) is 16.7. The topological polar surface area (TPSA) is 216 Å². The molecule has 0 bridgehead atoms. The lowest BCUT2D eigenvalue weighted by molar-refractivity contribution is -0.183. The molecule has 4 aromatic carbocycles. The minimum Gasteiger partial charge on any atom is -0.458 e. The first kappa shape index (κ1) is 44.1. The van der Waals surface area contributed by atoms with E-state index in [1.54, 1.807) is 84.9 Å². The summed E-state index contributed by atoms with van der Waals surface area (Å²) < 4.78 is 76.1. The van der Waals surface area contributed by atoms with Crippen LogP contribution >= 0.6 is 22.7 Å². The fourth-order valence-electron chi connectivity index (χ4n) is 7.60. The Balaban J connectivity index is 1.25. The van der Waals surface area contributed by atoms with Crippen LogP contribution < -0.4 is 4.74 Å². The van der Waals surface area contributed by atoms with E-state index >= 15 is 0 Å². The number of nitrogens with zero attached hydrogens (tertiary/aromatic N) is 6. The third kappa shape index (κ3) is 7.30. The number of aliphatic imine (C=N–C) groups is 2. The van der Waals surface area contributed by atoms with E-state index in [1.165, 1.54) is 12.1 Å². The van der Waals surface area contributed by atoms with Crippen molar-refractivity contribution in [3.63, 3.8) is 0 Å². The van der Waals surface area contributed by atoms with E-state index in [1.807, 2.05) is 0 Å². The number of rotatable bonds is 8. The Morgan fingerprint density at radius 1 is 0.574 bits per heavy atom. The zero-order valence-electron chi connectivity index (χ0n) is 34.0. The van der Waals surface area contributed by atoms with Crippen LogP contribution in [0.15, 0.2) is 118 Å². The number of fused-ring (bicyclic) bond motifs is 5. The van der Waals surface area contributed by atoms with Gasteiger partial charge in [0, 0.05) is 45.0 Å². The van der Waals surface area contributed by atoms with Crippen molar-refractivity contribution >= 4 is 78.8 Å². The standard InChI is InChI=1S/C49H20F4N6O7S2/c50-32-11-27-29(13-34(32)52)43(60)41(39(27)25(17-54)18-55)58-37-15-31-45(67-37)46-36(16-38(68-46)59-42-40(26(19-56)20-57)28-12-33(51)35(53)14-30(28)44(42)61)66-49(31,47(62)64-21-23-7-3-1-4-8-23)48(63)65-22-24-9-5-2-6-10-24/h1-16H,21-22H2. The van der Waals surface area contributed by atoms with Gasteiger partial charge in [0.2, 0.25) is 11.6 Å². The van der Waals surface area contributed by atoms with Crippen LogP contribution in [0.25, 0.3) is 20.9 Å². The highest BCUT2D eigenvalue weighted by molar-refractivity contribution is 7.26. The van der Waals surface area contributed by atoms with Crippen molar-refractivity contribution < 1.29 is 51.0 Å². The third-order valence-electron chi connectivity index (χ3n) is 10.7. The molecule has 0 N–H and O–H groups in total. The summed E-state index contributed by atoms with van der Waals surface area (Å²) in [5.41, 5.74) is -6.67. The Kier molecular flexibility index (Phi) is 11.2. The quantitative estimate of drug-likeness (QED) is 0.0606. The van der Waals surface area contributed by atoms with E-state index in [2.05, 4.69) is 9.98 Å². The van der Waals surface area contributed by atoms with E-state index in [0.717, 1.165) is 22.7 Å². The highest BCUT2D eigenvalue weighted by atomic mass is 32.1. The second-order valence-electron chi connectivity index (χ2n) is 14.7. The van der Waals surface area contributed by atoms with Crippen LogP contribution in [-0.4, -0.2) is 34.9 Å². The lowest BCUT2D eigenvalue weighted by Crippen LogP contribution is -2.51. The molecule has 3 aliphatic rings. The lowest BCUT2D eigenvalue weighted by Gasteiger charge is -2.33. The highest BCUT2D eigenvalue weighted by Gasteiger charge is 2.59. The van der Waals surface area contributed by atoms with E-state index in [-0.39, 0.29) is 66.5 Å². The van der Waals surface area contributed by atoms with E-state index in [0.29, 0.717) is 35.4 Å². The maximum Gasteiger partial charge on any atom is 0.367 e. The number of thiophene rings is 2. The summed E-state index contributed by atoms with van der Waals surface area (Å²) in [4.78, 5) is 66.3. The number of esters is 2. The van der Waals surface area contributed by atoms with Gasteiger partial charge in [-0.3, -0.25) is 9.59 Å². The molecule has 2 aromatic heterocycles. The number of ether oxygens (including phenoxy) is 3. The summed E-state index contributed by atoms with van der Waals surface area (Å²) in [6.45, 7) is -0.752. The molecule has 9 rings (SSSR count). The fraction of sp³-hybridized carbons (Fsp3) is 0.0612. The SMILES string of the molecule is N#CC(C#N)=C1C(=Nc2cc3c(s2)-c2sc(N=C4C(=O)c5cc(F)c(F)cc5C4=C(C#N)C#N)cc2C(C(=O)OCc2ccccc2)(C(=O)OCc2ccccc2)O3)C(=O)c2cc(F)c(F)cc21. The van der Waals surface area contributed by atoms with Gasteiger partial charge < -0.3 is 14.2 Å². The summed E-state index contributed by atoms with van der Waals surface area (Å²) >= 11 is 1.55. The molecule has 0 radical (unpaired) electrons. The van der Waals surface area contributed by atoms with Crippen LogP contribution in [-0.2, 0) is 37.9 Å². The minimum atomic E-state index is -2.83. The first-order valence-corrected chi connectivity index (χ1v) is 21.2. The van der Waals surface area contributed by atoms with Crippen molar-refractivity contribution in [2.45, 2.75) is 18.8 Å². The molecule has 328 valence electrons. The predicted octanol–water partition coefficient (Wildman–Crippen LogP) is 9.65. The first-order valence-electron chi connectivity index (χ1n) is 19.6. The van der Waals surface area contributed by atoms with Crippen molar-refractivity contribution in [1.29, 1.82) is 21.0 Å². The zero-order chi connectivity index (χ0) is 48.0. The molecule has 0 saturated heterocycles. The zero-order valence-corrected chi connectivity index (χ0v) is 35.7. The summed E-state index contributed by atoms with van der Waals surface area (Å²) in [6.07, 6.45) is 0. The Hall–Kier alpha value is -9.14. The number of benzene rings is 4. The third-order valence-corrected chi connectivity index (χ3v) is 12.9. The average molecular weight is 945 g/mol. The van der Waals surface area contributed by atoms with Crippen LogP contribution in [0.2, 0.25) is 0 Å². The number of nitriles is 4. The number of hydrogen-bond donors (Lipinski definition) is 0. The maximum absolute atomic E-state index is 14.8. The molecule has 2 aliphatic carbocycles. The Bertz CT molecular complexity index is 3480. The van der Waals surface area contributed by atoms with Crippen molar-refractivity contribution in [3.05, 3.63) is 170 Å². The fourth-order valence-corrected chi connectivity index (χ4v) is 9.80. The first-order chi connectivity index (χ1) is 32.8. The molecule has 0 spiro atoms. The molecule has 0 fully saturated rings. The molecular formula is C49H20F4N6O7S2. The Morgan fingerprint density at radius 3 is 1.40 bits per heavy atom. The number of halogens is 4. The lowest BCUT2D eigenvalue weighted by atomic mass is 9.91. The summed E-state index contributed by atoms with van der Waals surface area (Å²) in [6, 6.07) is 28.3. The van der Waals surface area contributed by atoms with Crippen molar-refractivity contribution in [1.82, 2.24) is 0 Å². The molecule has 0 amide bonds. The van der Waals surface area contributed by atoms with Gasteiger partial charge in [-0.15, -0.1) is 22.7 Å². The van der Waals surface area contributed by atoms with Crippen molar-refractivity contribution in [3.8, 4) is 39.8 Å². The van der Waals surface area contributed by atoms with Gasteiger partial charge in [0.15, 0.2) is 23.3 Å². The van der Waals surface area contributed by atoms with Gasteiger partial charge in [-0.1, -0.05) is 60.7 Å². The van der Waals surface area contributed by atoms with Gasteiger partial charge in [-0.2, -0.15) is 21.0 Å². The molecule has 1 aliphatic heterocycles. The van der Waals surface area contributed by atoms with Crippen LogP contribution in [0.1, 0.15) is 48.5 Å². The van der Waals surface area contributed by atoms with Crippen LogP contribution in [0, 0.1) is 68.6 Å². The van der Waals surface area contributed by atoms with E-state index in [9.17, 15) is 57.8 Å². The summed E-state index contributed by atoms with van der Waals surface area (Å²) in [5.74, 6) is -10.3. The molecule has 3 heterocycles. The number of allylic oxidation sites excluding steroid dienone is 4. The molecule has 19 heteroatoms. The minimum absolute atomic E-state index is 0.0532. The average Bonchev–Trinajstić information content (AvgIpc) is 4.09. The molecular weight excluding hydrogens is 925 g/mol. The van der Waals surface area contributed by atoms with Gasteiger partial charge >= 0.3 is 17.5 Å². The van der Waals surface area contributed by atoms with Crippen molar-refractivity contribution in [2.75, 3.05) is 0 Å². The predicted molar refractivity (Wildman–Crippen MR) is 234 cm³/mol. The van der Waals surface area contributed by atoms with Gasteiger partial charge in [-0.05, 0) is 41.5 Å². The monoisotopic (exact) mass is 944 g/mol. The Labute approximate surface area is 388 Å². The van der Waals surface area contributed by atoms with E-state index in [4.69, 9.17) is 14.2 Å². The molecule has 0 unspecified atom stereocenters. The maximum atomic E-state index is 14.8. The van der Waals surface area contributed by atoms with Crippen LogP contribution in [0.4, 0.5) is 27.6 Å². The van der Waals surface area contributed by atoms with Crippen molar-refractivity contribution in [2.24, 2.45) is 9.98 Å². The molecule has 13 nitrogen and oxygen atoms in total. The van der Waals surface area contributed by atoms with E-state index < -0.39 is 86.1 Å². The second kappa shape index (κ2) is 17.3. The number of carbonyl (C=O) groups excluding carboxylic acids is 4. The van der Waals surface area contributed by atoms with Crippen LogP contribution in [0.5, 0.6) is 5.75 Å². The molecule has 0 saturated carbocycles.